The number of furan rings is 1. The average molecular weight is 276 g/mol. The second-order valence-electron chi connectivity index (χ2n) is 4.10. The molecular weight excluding hydrogens is 260 g/mol. The first-order chi connectivity index (χ1) is 9.65. The van der Waals surface area contributed by atoms with Crippen LogP contribution in [0.3, 0.4) is 0 Å². The lowest BCUT2D eigenvalue weighted by Gasteiger charge is -2.08. The Hall–Kier alpha value is -2.47. The fourth-order valence-electron chi connectivity index (χ4n) is 1.80. The van der Waals surface area contributed by atoms with Gasteiger partial charge in [0.25, 0.3) is 5.91 Å². The van der Waals surface area contributed by atoms with E-state index in [0.717, 1.165) is 0 Å². The minimum Gasteiger partial charge on any atom is -0.493 e. The van der Waals surface area contributed by atoms with Crippen LogP contribution in [0.25, 0.3) is 0 Å². The number of carbonyl (C=O) groups is 1. The maximum atomic E-state index is 11.5. The van der Waals surface area contributed by atoms with Crippen molar-refractivity contribution in [3.63, 3.8) is 0 Å². The number of hydrogen-bond acceptors (Lipinski definition) is 5. The third-order valence-electron chi connectivity index (χ3n) is 2.78. The zero-order valence-corrected chi connectivity index (χ0v) is 11.3. The molecule has 0 aliphatic heterocycles. The largest absolute Gasteiger partial charge is 0.493 e. The molecule has 0 unspecified atom stereocenters. The molecular formula is C14H16N2O4. The van der Waals surface area contributed by atoms with Gasteiger partial charge in [-0.05, 0) is 25.1 Å². The second kappa shape index (κ2) is 6.12. The smallest absolute Gasteiger partial charge is 0.268 e. The Balaban J connectivity index is 2.10. The number of nitrogen functional groups attached to an aromatic ring is 1. The molecule has 6 nitrogen and oxygen atoms in total. The first-order valence-corrected chi connectivity index (χ1v) is 6.01. The first kappa shape index (κ1) is 14.0. The van der Waals surface area contributed by atoms with Crippen molar-refractivity contribution in [1.82, 2.24) is 5.43 Å². The van der Waals surface area contributed by atoms with Crippen LogP contribution < -0.4 is 20.7 Å². The van der Waals surface area contributed by atoms with Gasteiger partial charge in [0.05, 0.1) is 12.7 Å². The number of methoxy groups -OCH3 is 1. The number of aryl methyl sites for hydroxylation is 1. The molecule has 2 aromatic rings. The molecule has 3 N–H and O–H groups in total. The topological polar surface area (TPSA) is 86.7 Å². The molecule has 0 saturated heterocycles. The van der Waals surface area contributed by atoms with Crippen LogP contribution in [0.5, 0.6) is 11.5 Å². The number of carbonyl (C=O) groups excluding carboxylic acids is 1. The maximum Gasteiger partial charge on any atom is 0.268 e. The van der Waals surface area contributed by atoms with Crippen molar-refractivity contribution in [2.75, 3.05) is 7.11 Å². The lowest BCUT2D eigenvalue weighted by Crippen LogP contribution is -2.30. The summed E-state index contributed by atoms with van der Waals surface area (Å²) in [6.45, 7) is 1.89. The predicted molar refractivity (Wildman–Crippen MR) is 72.4 cm³/mol. The minimum absolute atomic E-state index is 0.194. The van der Waals surface area contributed by atoms with Crippen LogP contribution in [0, 0.1) is 6.92 Å². The van der Waals surface area contributed by atoms with Gasteiger partial charge in [0.15, 0.2) is 11.5 Å². The highest BCUT2D eigenvalue weighted by Gasteiger charge is 2.14. The summed E-state index contributed by atoms with van der Waals surface area (Å²) in [6, 6.07) is 8.90. The van der Waals surface area contributed by atoms with Crippen LogP contribution in [0.15, 0.2) is 34.7 Å². The molecule has 0 radical (unpaired) electrons. The van der Waals surface area contributed by atoms with Gasteiger partial charge in [0.2, 0.25) is 0 Å². The van der Waals surface area contributed by atoms with E-state index in [0.29, 0.717) is 28.6 Å². The summed E-state index contributed by atoms with van der Waals surface area (Å²) in [5.41, 5.74) is 2.46. The summed E-state index contributed by atoms with van der Waals surface area (Å²) < 4.78 is 16.2. The van der Waals surface area contributed by atoms with E-state index in [-0.39, 0.29) is 6.61 Å². The molecule has 106 valence electrons. The Morgan fingerprint density at radius 3 is 2.70 bits per heavy atom. The van der Waals surface area contributed by atoms with Crippen LogP contribution in [-0.4, -0.2) is 13.0 Å². The van der Waals surface area contributed by atoms with E-state index >= 15 is 0 Å². The number of benzene rings is 1. The third kappa shape index (κ3) is 2.92. The number of rotatable bonds is 5. The van der Waals surface area contributed by atoms with Crippen molar-refractivity contribution in [3.8, 4) is 11.5 Å². The molecule has 20 heavy (non-hydrogen) atoms. The highest BCUT2D eigenvalue weighted by molar-refractivity contribution is 5.94. The quantitative estimate of drug-likeness (QED) is 0.494. The van der Waals surface area contributed by atoms with Gasteiger partial charge in [0, 0.05) is 0 Å². The Labute approximate surface area is 116 Å². The number of hydrazine groups is 1. The predicted octanol–water partition coefficient (Wildman–Crippen LogP) is 1.78. The van der Waals surface area contributed by atoms with Gasteiger partial charge < -0.3 is 13.9 Å². The van der Waals surface area contributed by atoms with Crippen molar-refractivity contribution >= 4 is 5.91 Å². The number of amides is 1. The van der Waals surface area contributed by atoms with E-state index in [1.807, 2.05) is 12.1 Å². The molecule has 0 aliphatic rings. The second-order valence-corrected chi connectivity index (χ2v) is 4.10. The van der Waals surface area contributed by atoms with Crippen molar-refractivity contribution in [2.45, 2.75) is 13.5 Å². The molecule has 2 rings (SSSR count). The highest BCUT2D eigenvalue weighted by atomic mass is 16.5. The van der Waals surface area contributed by atoms with Gasteiger partial charge in [-0.3, -0.25) is 10.2 Å². The van der Waals surface area contributed by atoms with E-state index < -0.39 is 5.91 Å². The van der Waals surface area contributed by atoms with E-state index in [1.165, 1.54) is 0 Å². The summed E-state index contributed by atoms with van der Waals surface area (Å²) in [5.74, 6) is 6.97. The summed E-state index contributed by atoms with van der Waals surface area (Å²) in [7, 11) is 1.57. The number of nitrogens with one attached hydrogen (secondary N) is 1. The van der Waals surface area contributed by atoms with Crippen molar-refractivity contribution in [1.29, 1.82) is 0 Å². The Kier molecular flexibility index (Phi) is 4.27. The van der Waals surface area contributed by atoms with E-state index in [4.69, 9.17) is 19.7 Å². The fourth-order valence-corrected chi connectivity index (χ4v) is 1.80. The van der Waals surface area contributed by atoms with Gasteiger partial charge in [0.1, 0.15) is 18.1 Å². The maximum absolute atomic E-state index is 11.5. The average Bonchev–Trinajstić information content (AvgIpc) is 2.85. The van der Waals surface area contributed by atoms with Gasteiger partial charge in [-0.1, -0.05) is 12.1 Å². The lowest BCUT2D eigenvalue weighted by molar-refractivity contribution is 0.0952. The Morgan fingerprint density at radius 1 is 1.35 bits per heavy atom. The van der Waals surface area contributed by atoms with Crippen molar-refractivity contribution in [2.24, 2.45) is 5.84 Å². The summed E-state index contributed by atoms with van der Waals surface area (Å²) >= 11 is 0. The van der Waals surface area contributed by atoms with Crippen LogP contribution in [0.4, 0.5) is 0 Å². The number of ether oxygens (including phenoxy) is 2. The third-order valence-corrected chi connectivity index (χ3v) is 2.78. The zero-order chi connectivity index (χ0) is 14.5. The van der Waals surface area contributed by atoms with Crippen molar-refractivity contribution in [3.05, 3.63) is 47.4 Å². The normalized spacial score (nSPS) is 10.2. The number of hydrogen-bond donors (Lipinski definition) is 2. The fraction of sp³-hybridized carbons (Fsp3) is 0.214. The highest BCUT2D eigenvalue weighted by Crippen LogP contribution is 2.27. The van der Waals surface area contributed by atoms with E-state index in [2.05, 4.69) is 5.43 Å². The van der Waals surface area contributed by atoms with Gasteiger partial charge >= 0.3 is 0 Å². The van der Waals surface area contributed by atoms with Gasteiger partial charge in [-0.25, -0.2) is 5.84 Å². The monoisotopic (exact) mass is 276 g/mol. The van der Waals surface area contributed by atoms with Gasteiger partial charge in [-0.15, -0.1) is 0 Å². The molecule has 0 fully saturated rings. The molecule has 0 saturated carbocycles. The lowest BCUT2D eigenvalue weighted by atomic mass is 10.2. The molecule has 1 aromatic heterocycles. The van der Waals surface area contributed by atoms with Crippen LogP contribution in [0.2, 0.25) is 0 Å². The van der Waals surface area contributed by atoms with E-state index in [9.17, 15) is 4.79 Å². The Morgan fingerprint density at radius 2 is 2.05 bits per heavy atom. The molecule has 1 aromatic carbocycles. The molecule has 1 amide bonds. The summed E-state index contributed by atoms with van der Waals surface area (Å²) in [5, 5.41) is 0. The minimum atomic E-state index is -0.394. The molecule has 1 heterocycles. The number of nitrogens with two attached hydrogens (primary N) is 1. The van der Waals surface area contributed by atoms with Crippen LogP contribution in [0.1, 0.15) is 21.9 Å². The van der Waals surface area contributed by atoms with Crippen LogP contribution >= 0.6 is 0 Å². The van der Waals surface area contributed by atoms with Crippen LogP contribution in [-0.2, 0) is 6.61 Å². The van der Waals surface area contributed by atoms with E-state index in [1.54, 1.807) is 32.2 Å². The molecule has 0 spiro atoms. The van der Waals surface area contributed by atoms with Gasteiger partial charge in [-0.2, -0.15) is 0 Å². The van der Waals surface area contributed by atoms with Crippen molar-refractivity contribution < 1.29 is 18.7 Å². The zero-order valence-electron chi connectivity index (χ0n) is 11.3. The SMILES string of the molecule is COc1ccccc1OCc1cc(C(=O)NN)c(C)o1. The Bertz CT molecular complexity index is 607. The molecule has 0 aliphatic carbocycles. The molecule has 6 heteroatoms. The standard InChI is InChI=1S/C14H16N2O4/c1-9-11(14(17)16-15)7-10(20-9)8-19-13-6-4-3-5-12(13)18-2/h3-7H,8,15H2,1-2H3,(H,16,17). The summed E-state index contributed by atoms with van der Waals surface area (Å²) in [4.78, 5) is 11.5. The first-order valence-electron chi connectivity index (χ1n) is 6.01. The number of para-hydroxylation sites is 2. The summed E-state index contributed by atoms with van der Waals surface area (Å²) in [6.07, 6.45) is 0. The molecule has 0 atom stereocenters. The molecule has 0 bridgehead atoms.